The minimum Gasteiger partial charge on any atom is -0.465 e. The number of sulfonamides is 1. The largest absolute Gasteiger partial charge is 0.465 e. The number of anilines is 1. The molecule has 2 rings (SSSR count). The first kappa shape index (κ1) is 17.9. The molecule has 4 N–H and O–H groups in total. The van der Waals surface area contributed by atoms with Gasteiger partial charge in [-0.05, 0) is 12.1 Å². The van der Waals surface area contributed by atoms with Crippen LogP contribution in [0.15, 0.2) is 23.1 Å². The number of morpholine rings is 1. The lowest BCUT2D eigenvalue weighted by Gasteiger charge is -2.31. The van der Waals surface area contributed by atoms with E-state index in [1.807, 2.05) is 0 Å². The zero-order valence-corrected chi connectivity index (χ0v) is 13.2. The summed E-state index contributed by atoms with van der Waals surface area (Å²) >= 11 is 0. The fourth-order valence-corrected chi connectivity index (χ4v) is 2.76. The molecule has 1 atom stereocenters. The van der Waals surface area contributed by atoms with Crippen molar-refractivity contribution in [1.82, 2.24) is 4.90 Å². The van der Waals surface area contributed by atoms with Crippen LogP contribution in [-0.4, -0.2) is 61.8 Å². The second kappa shape index (κ2) is 6.98. The van der Waals surface area contributed by atoms with E-state index in [-0.39, 0.29) is 36.8 Å². The number of rotatable bonds is 5. The zero-order valence-electron chi connectivity index (χ0n) is 12.4. The number of carbonyl (C=O) groups is 1. The molecule has 0 radical (unpaired) electrons. The maximum absolute atomic E-state index is 11.3. The Balaban J connectivity index is 2.12. The summed E-state index contributed by atoms with van der Waals surface area (Å²) in [5.41, 5.74) is -0.365. The van der Waals surface area contributed by atoms with Gasteiger partial charge in [-0.1, -0.05) is 0 Å². The van der Waals surface area contributed by atoms with E-state index in [1.54, 1.807) is 0 Å². The first-order chi connectivity index (χ1) is 11.2. The third-order valence-corrected chi connectivity index (χ3v) is 4.33. The van der Waals surface area contributed by atoms with Gasteiger partial charge in [0.15, 0.2) is 0 Å². The molecule has 0 saturated carbocycles. The quantitative estimate of drug-likeness (QED) is 0.488. The van der Waals surface area contributed by atoms with Crippen LogP contribution in [0.3, 0.4) is 0 Å². The second-order valence-corrected chi connectivity index (χ2v) is 6.64. The van der Waals surface area contributed by atoms with Crippen molar-refractivity contribution in [2.24, 2.45) is 5.14 Å². The molecular weight excluding hydrogens is 344 g/mol. The lowest BCUT2D eigenvalue weighted by atomic mass is 10.2. The SMILES string of the molecule is NS(=O)(=O)c1ccc(NC[C@@H]2CN(C(=O)O)CCO2)c([N+](=O)[O-])c1. The Hall–Kier alpha value is -2.44. The normalized spacial score (nSPS) is 18.2. The van der Waals surface area contributed by atoms with E-state index in [1.165, 1.54) is 11.0 Å². The third kappa shape index (κ3) is 4.31. The molecule has 1 fully saturated rings. The highest BCUT2D eigenvalue weighted by atomic mass is 32.2. The number of nitro groups is 1. The average Bonchev–Trinajstić information content (AvgIpc) is 2.52. The zero-order chi connectivity index (χ0) is 17.9. The van der Waals surface area contributed by atoms with E-state index in [0.29, 0.717) is 0 Å². The molecule has 24 heavy (non-hydrogen) atoms. The summed E-state index contributed by atoms with van der Waals surface area (Å²) in [6.45, 7) is 0.741. The lowest BCUT2D eigenvalue weighted by Crippen LogP contribution is -2.47. The van der Waals surface area contributed by atoms with E-state index in [2.05, 4.69) is 5.32 Å². The number of primary sulfonamides is 1. The first-order valence-corrected chi connectivity index (χ1v) is 8.37. The van der Waals surface area contributed by atoms with E-state index in [4.69, 9.17) is 15.0 Å². The molecule has 0 bridgehead atoms. The maximum atomic E-state index is 11.3. The molecule has 0 unspecified atom stereocenters. The molecule has 1 amide bonds. The first-order valence-electron chi connectivity index (χ1n) is 6.83. The molecule has 1 saturated heterocycles. The van der Waals surface area contributed by atoms with Gasteiger partial charge in [0.05, 0.1) is 29.1 Å². The van der Waals surface area contributed by atoms with Crippen molar-refractivity contribution in [3.8, 4) is 0 Å². The van der Waals surface area contributed by atoms with Gasteiger partial charge in [0.2, 0.25) is 10.0 Å². The number of hydrogen-bond donors (Lipinski definition) is 3. The molecule has 0 aliphatic carbocycles. The van der Waals surface area contributed by atoms with Crippen molar-refractivity contribution < 1.29 is 28.0 Å². The smallest absolute Gasteiger partial charge is 0.407 e. The van der Waals surface area contributed by atoms with Gasteiger partial charge in [-0.2, -0.15) is 0 Å². The molecule has 11 nitrogen and oxygen atoms in total. The molecular formula is C12H16N4O7S. The number of nitrogens with one attached hydrogen (secondary N) is 1. The Labute approximate surface area is 137 Å². The van der Waals surface area contributed by atoms with Crippen LogP contribution < -0.4 is 10.5 Å². The number of ether oxygens (including phenoxy) is 1. The van der Waals surface area contributed by atoms with E-state index < -0.39 is 32.8 Å². The highest BCUT2D eigenvalue weighted by Gasteiger charge is 2.25. The summed E-state index contributed by atoms with van der Waals surface area (Å²) in [6.07, 6.45) is -1.54. The summed E-state index contributed by atoms with van der Waals surface area (Å²) in [7, 11) is -4.06. The Kier molecular flexibility index (Phi) is 5.21. The van der Waals surface area contributed by atoms with Crippen LogP contribution in [0.4, 0.5) is 16.2 Å². The summed E-state index contributed by atoms with van der Waals surface area (Å²) in [4.78, 5) is 22.1. The van der Waals surface area contributed by atoms with Crippen molar-refractivity contribution in [1.29, 1.82) is 0 Å². The molecule has 12 heteroatoms. The number of carboxylic acid groups (broad SMARTS) is 1. The predicted molar refractivity (Wildman–Crippen MR) is 82.3 cm³/mol. The molecule has 1 aliphatic rings. The second-order valence-electron chi connectivity index (χ2n) is 5.08. The summed E-state index contributed by atoms with van der Waals surface area (Å²) in [6, 6.07) is 3.24. The number of benzene rings is 1. The highest BCUT2D eigenvalue weighted by molar-refractivity contribution is 7.89. The minimum atomic E-state index is -4.06. The standard InChI is InChI=1S/C12H16N4O7S/c13-24(21,22)9-1-2-10(11(5-9)16(19)20)14-6-8-7-15(12(17)18)3-4-23-8/h1-2,5,8,14H,3-4,6-7H2,(H,17,18)(H2,13,21,22)/t8-/m1/s1. The van der Waals surface area contributed by atoms with Crippen molar-refractivity contribution in [2.75, 3.05) is 31.6 Å². The molecule has 1 heterocycles. The van der Waals surface area contributed by atoms with Crippen molar-refractivity contribution in [3.63, 3.8) is 0 Å². The van der Waals surface area contributed by atoms with Gasteiger partial charge < -0.3 is 20.1 Å². The minimum absolute atomic E-state index is 0.0865. The van der Waals surface area contributed by atoms with E-state index >= 15 is 0 Å². The van der Waals surface area contributed by atoms with Crippen LogP contribution >= 0.6 is 0 Å². The Bertz CT molecular complexity index is 752. The number of nitro benzene ring substituents is 1. The molecule has 0 spiro atoms. The summed E-state index contributed by atoms with van der Waals surface area (Å²) in [5.74, 6) is 0. The number of hydrogen-bond acceptors (Lipinski definition) is 7. The van der Waals surface area contributed by atoms with Gasteiger partial charge in [0.1, 0.15) is 5.69 Å². The van der Waals surface area contributed by atoms with Gasteiger partial charge in [0, 0.05) is 19.2 Å². The van der Waals surface area contributed by atoms with Gasteiger partial charge in [0.25, 0.3) is 5.69 Å². The van der Waals surface area contributed by atoms with Gasteiger partial charge in [-0.15, -0.1) is 0 Å². The molecule has 132 valence electrons. The number of nitrogens with two attached hydrogens (primary N) is 1. The van der Waals surface area contributed by atoms with Crippen LogP contribution in [0.2, 0.25) is 0 Å². The van der Waals surface area contributed by atoms with Gasteiger partial charge in [-0.3, -0.25) is 10.1 Å². The molecule has 1 aromatic rings. The highest BCUT2D eigenvalue weighted by Crippen LogP contribution is 2.27. The average molecular weight is 360 g/mol. The van der Waals surface area contributed by atoms with E-state index in [0.717, 1.165) is 12.1 Å². The fraction of sp³-hybridized carbons (Fsp3) is 0.417. The van der Waals surface area contributed by atoms with Gasteiger partial charge >= 0.3 is 6.09 Å². The molecule has 1 aromatic carbocycles. The van der Waals surface area contributed by atoms with Gasteiger partial charge in [-0.25, -0.2) is 18.4 Å². The van der Waals surface area contributed by atoms with Crippen LogP contribution in [0, 0.1) is 10.1 Å². The Morgan fingerprint density at radius 1 is 1.54 bits per heavy atom. The Morgan fingerprint density at radius 2 is 2.25 bits per heavy atom. The topological polar surface area (TPSA) is 165 Å². The molecule has 0 aromatic heterocycles. The van der Waals surface area contributed by atoms with Crippen molar-refractivity contribution in [2.45, 2.75) is 11.0 Å². The van der Waals surface area contributed by atoms with Crippen LogP contribution in [0.1, 0.15) is 0 Å². The third-order valence-electron chi connectivity index (χ3n) is 3.42. The monoisotopic (exact) mass is 360 g/mol. The van der Waals surface area contributed by atoms with E-state index in [9.17, 15) is 23.3 Å². The Morgan fingerprint density at radius 3 is 2.83 bits per heavy atom. The number of amides is 1. The fourth-order valence-electron chi connectivity index (χ4n) is 2.23. The number of nitrogens with zero attached hydrogens (tertiary/aromatic N) is 2. The van der Waals surface area contributed by atoms with Crippen LogP contribution in [-0.2, 0) is 14.8 Å². The summed E-state index contributed by atoms with van der Waals surface area (Å²) < 4.78 is 28.0. The lowest BCUT2D eigenvalue weighted by molar-refractivity contribution is -0.384. The summed E-state index contributed by atoms with van der Waals surface area (Å²) in [5, 5.41) is 27.8. The molecule has 1 aliphatic heterocycles. The maximum Gasteiger partial charge on any atom is 0.407 e. The van der Waals surface area contributed by atoms with Crippen molar-refractivity contribution in [3.05, 3.63) is 28.3 Å². The van der Waals surface area contributed by atoms with Crippen molar-refractivity contribution >= 4 is 27.5 Å². The van der Waals surface area contributed by atoms with Crippen LogP contribution in [0.25, 0.3) is 0 Å². The predicted octanol–water partition coefficient (Wildman–Crippen LogP) is 0.0329. The van der Waals surface area contributed by atoms with Crippen LogP contribution in [0.5, 0.6) is 0 Å².